The molecule has 102 valence electrons. The zero-order chi connectivity index (χ0) is 13.0. The lowest BCUT2D eigenvalue weighted by Gasteiger charge is -2.27. The molecule has 18 heavy (non-hydrogen) atoms. The molecule has 1 heterocycles. The van der Waals surface area contributed by atoms with E-state index in [-0.39, 0.29) is 0 Å². The Bertz CT molecular complexity index is 362. The van der Waals surface area contributed by atoms with Gasteiger partial charge in [0.15, 0.2) is 0 Å². The van der Waals surface area contributed by atoms with Crippen molar-refractivity contribution in [1.82, 2.24) is 15.1 Å². The first-order valence-electron chi connectivity index (χ1n) is 7.39. The predicted molar refractivity (Wildman–Crippen MR) is 75.7 cm³/mol. The number of nitrogens with one attached hydrogen (secondary N) is 1. The maximum absolute atomic E-state index is 4.49. The third-order valence-corrected chi connectivity index (χ3v) is 4.10. The van der Waals surface area contributed by atoms with Crippen molar-refractivity contribution in [2.24, 2.45) is 5.92 Å². The second-order valence-electron chi connectivity index (χ2n) is 5.91. The Balaban J connectivity index is 1.63. The summed E-state index contributed by atoms with van der Waals surface area (Å²) < 4.78 is 2.12. The number of nitrogens with zero attached hydrogens (tertiary/aromatic N) is 2. The minimum atomic E-state index is 0.765. The molecule has 0 unspecified atom stereocenters. The van der Waals surface area contributed by atoms with Gasteiger partial charge in [-0.1, -0.05) is 6.92 Å². The molecule has 3 heteroatoms. The first-order valence-corrected chi connectivity index (χ1v) is 7.39. The van der Waals surface area contributed by atoms with E-state index in [0.29, 0.717) is 0 Å². The van der Waals surface area contributed by atoms with Gasteiger partial charge < -0.3 is 5.32 Å². The van der Waals surface area contributed by atoms with Gasteiger partial charge in [0.05, 0.1) is 5.69 Å². The fourth-order valence-electron chi connectivity index (χ4n) is 2.90. The summed E-state index contributed by atoms with van der Waals surface area (Å²) >= 11 is 0. The Morgan fingerprint density at radius 1 is 1.28 bits per heavy atom. The average molecular weight is 249 g/mol. The fourth-order valence-corrected chi connectivity index (χ4v) is 2.90. The van der Waals surface area contributed by atoms with Gasteiger partial charge in [0.25, 0.3) is 0 Å². The molecule has 0 aliphatic heterocycles. The molecule has 0 amide bonds. The van der Waals surface area contributed by atoms with Crippen LogP contribution in [-0.2, 0) is 6.54 Å². The second kappa shape index (κ2) is 6.37. The quantitative estimate of drug-likeness (QED) is 0.813. The maximum atomic E-state index is 4.49. The van der Waals surface area contributed by atoms with Crippen molar-refractivity contribution in [2.45, 2.75) is 65.5 Å². The van der Waals surface area contributed by atoms with E-state index in [1.807, 2.05) is 0 Å². The number of aromatic nitrogens is 2. The number of aryl methyl sites for hydroxylation is 3. The molecule has 1 fully saturated rings. The zero-order valence-electron chi connectivity index (χ0n) is 12.1. The molecule has 0 radical (unpaired) electrons. The van der Waals surface area contributed by atoms with E-state index in [2.05, 4.69) is 41.9 Å². The van der Waals surface area contributed by atoms with Gasteiger partial charge in [0, 0.05) is 18.3 Å². The monoisotopic (exact) mass is 249 g/mol. The van der Waals surface area contributed by atoms with E-state index in [4.69, 9.17) is 0 Å². The van der Waals surface area contributed by atoms with Crippen LogP contribution in [0.1, 0.15) is 50.4 Å². The van der Waals surface area contributed by atoms with E-state index in [9.17, 15) is 0 Å². The Hall–Kier alpha value is -0.830. The Kier molecular flexibility index (Phi) is 4.81. The Morgan fingerprint density at radius 2 is 2.00 bits per heavy atom. The summed E-state index contributed by atoms with van der Waals surface area (Å²) in [5, 5.41) is 8.19. The molecule has 0 atom stereocenters. The molecule has 1 aliphatic carbocycles. The van der Waals surface area contributed by atoms with Crippen molar-refractivity contribution in [2.75, 3.05) is 6.54 Å². The summed E-state index contributed by atoms with van der Waals surface area (Å²) in [6.07, 6.45) is 6.69. The van der Waals surface area contributed by atoms with Crippen LogP contribution in [-0.4, -0.2) is 22.4 Å². The smallest absolute Gasteiger partial charge is 0.0596 e. The van der Waals surface area contributed by atoms with Gasteiger partial charge in [0.2, 0.25) is 0 Å². The predicted octanol–water partition coefficient (Wildman–Crippen LogP) is 3.06. The zero-order valence-corrected chi connectivity index (χ0v) is 12.1. The molecule has 1 aliphatic rings. The topological polar surface area (TPSA) is 29.9 Å². The summed E-state index contributed by atoms with van der Waals surface area (Å²) in [6, 6.07) is 2.91. The highest BCUT2D eigenvalue weighted by atomic mass is 15.3. The summed E-state index contributed by atoms with van der Waals surface area (Å²) in [5.41, 5.74) is 2.40. The van der Waals surface area contributed by atoms with Crippen LogP contribution in [0.5, 0.6) is 0 Å². The normalized spacial score (nSPS) is 24.4. The van der Waals surface area contributed by atoms with Crippen molar-refractivity contribution in [3.63, 3.8) is 0 Å². The van der Waals surface area contributed by atoms with Crippen LogP contribution in [0.25, 0.3) is 0 Å². The molecule has 3 nitrogen and oxygen atoms in total. The molecule has 1 aromatic rings. The van der Waals surface area contributed by atoms with Crippen molar-refractivity contribution in [3.8, 4) is 0 Å². The average Bonchev–Trinajstić information content (AvgIpc) is 2.66. The summed E-state index contributed by atoms with van der Waals surface area (Å²) in [6.45, 7) is 8.73. The van der Waals surface area contributed by atoms with Crippen LogP contribution in [0, 0.1) is 19.8 Å². The molecule has 2 rings (SSSR count). The molecule has 0 spiro atoms. The van der Waals surface area contributed by atoms with Gasteiger partial charge in [-0.05, 0) is 64.5 Å². The maximum Gasteiger partial charge on any atom is 0.0596 e. The second-order valence-corrected chi connectivity index (χ2v) is 5.91. The highest BCUT2D eigenvalue weighted by molar-refractivity contribution is 5.06. The van der Waals surface area contributed by atoms with E-state index in [1.165, 1.54) is 37.8 Å². The van der Waals surface area contributed by atoms with Gasteiger partial charge in [0.1, 0.15) is 0 Å². The summed E-state index contributed by atoms with van der Waals surface area (Å²) in [7, 11) is 0. The van der Waals surface area contributed by atoms with Crippen LogP contribution in [0.15, 0.2) is 6.07 Å². The molecular formula is C15H27N3. The molecule has 1 N–H and O–H groups in total. The van der Waals surface area contributed by atoms with Crippen molar-refractivity contribution >= 4 is 0 Å². The molecule has 1 saturated carbocycles. The number of hydrogen-bond donors (Lipinski definition) is 1. The number of rotatable bonds is 5. The Morgan fingerprint density at radius 3 is 2.61 bits per heavy atom. The Labute approximate surface area is 111 Å². The van der Waals surface area contributed by atoms with E-state index >= 15 is 0 Å². The lowest BCUT2D eigenvalue weighted by molar-refractivity contribution is 0.305. The highest BCUT2D eigenvalue weighted by Crippen LogP contribution is 2.23. The van der Waals surface area contributed by atoms with Crippen LogP contribution in [0.4, 0.5) is 0 Å². The SMILES string of the molecule is Cc1cc(C)n(CCCNC2CCC(C)CC2)n1. The molecule has 0 bridgehead atoms. The fraction of sp³-hybridized carbons (Fsp3) is 0.800. The van der Waals surface area contributed by atoms with Crippen molar-refractivity contribution in [1.29, 1.82) is 0 Å². The van der Waals surface area contributed by atoms with Gasteiger partial charge in [-0.15, -0.1) is 0 Å². The molecule has 1 aromatic heterocycles. The first-order chi connectivity index (χ1) is 8.65. The standard InChI is InChI=1S/C15H27N3/c1-12-5-7-15(8-6-12)16-9-4-10-18-14(3)11-13(2)17-18/h11-12,15-16H,4-10H2,1-3H3. The number of hydrogen-bond acceptors (Lipinski definition) is 2. The van der Waals surface area contributed by atoms with Crippen molar-refractivity contribution < 1.29 is 0 Å². The lowest BCUT2D eigenvalue weighted by atomic mass is 9.87. The largest absolute Gasteiger partial charge is 0.314 e. The van der Waals surface area contributed by atoms with E-state index in [0.717, 1.165) is 30.7 Å². The van der Waals surface area contributed by atoms with Gasteiger partial charge in [-0.2, -0.15) is 5.10 Å². The van der Waals surface area contributed by atoms with Gasteiger partial charge in [-0.3, -0.25) is 4.68 Å². The molecule has 0 saturated heterocycles. The first kappa shape index (κ1) is 13.6. The van der Waals surface area contributed by atoms with Crippen molar-refractivity contribution in [3.05, 3.63) is 17.5 Å². The summed E-state index contributed by atoms with van der Waals surface area (Å²) in [5.74, 6) is 0.942. The van der Waals surface area contributed by atoms with E-state index in [1.54, 1.807) is 0 Å². The minimum absolute atomic E-state index is 0.765. The summed E-state index contributed by atoms with van der Waals surface area (Å²) in [4.78, 5) is 0. The highest BCUT2D eigenvalue weighted by Gasteiger charge is 2.16. The van der Waals surface area contributed by atoms with Gasteiger partial charge in [-0.25, -0.2) is 0 Å². The third kappa shape index (κ3) is 3.84. The lowest BCUT2D eigenvalue weighted by Crippen LogP contribution is -2.33. The van der Waals surface area contributed by atoms with Crippen LogP contribution >= 0.6 is 0 Å². The van der Waals surface area contributed by atoms with Gasteiger partial charge >= 0.3 is 0 Å². The van der Waals surface area contributed by atoms with Crippen LogP contribution in [0.3, 0.4) is 0 Å². The minimum Gasteiger partial charge on any atom is -0.314 e. The molecule has 0 aromatic carbocycles. The van der Waals surface area contributed by atoms with E-state index < -0.39 is 0 Å². The molecular weight excluding hydrogens is 222 g/mol. The van der Waals surface area contributed by atoms with Crippen LogP contribution in [0.2, 0.25) is 0 Å². The third-order valence-electron chi connectivity index (χ3n) is 4.10. The van der Waals surface area contributed by atoms with Crippen LogP contribution < -0.4 is 5.32 Å².